The van der Waals surface area contributed by atoms with E-state index in [0.717, 1.165) is 0 Å². The van der Waals surface area contributed by atoms with Crippen LogP contribution in [0.3, 0.4) is 0 Å². The molecule has 0 unspecified atom stereocenters. The van der Waals surface area contributed by atoms with Crippen LogP contribution in [-0.4, -0.2) is 31.3 Å². The standard InChI is InChI=1S/C12H12ClN3O4S/c1-16-6-5-11(14-16)15-21(18,19)10-4-3-8(7-9(10)13)12(17)20-2/h3-7H,1-2H3,(H,14,15). The van der Waals surface area contributed by atoms with E-state index < -0.39 is 16.0 Å². The smallest absolute Gasteiger partial charge is 0.337 e. The molecule has 1 aromatic heterocycles. The number of benzene rings is 1. The molecule has 0 spiro atoms. The zero-order valence-corrected chi connectivity index (χ0v) is 12.8. The molecule has 0 aliphatic heterocycles. The van der Waals surface area contributed by atoms with Gasteiger partial charge in [-0.15, -0.1) is 0 Å². The van der Waals surface area contributed by atoms with Crippen LogP contribution in [0.15, 0.2) is 35.4 Å². The van der Waals surface area contributed by atoms with Crippen molar-refractivity contribution in [3.63, 3.8) is 0 Å². The molecule has 0 amide bonds. The summed E-state index contributed by atoms with van der Waals surface area (Å²) in [7, 11) is -1.00. The maximum absolute atomic E-state index is 12.2. The second-order valence-electron chi connectivity index (χ2n) is 4.12. The van der Waals surface area contributed by atoms with Crippen LogP contribution in [0.25, 0.3) is 0 Å². The molecule has 0 radical (unpaired) electrons. The number of ether oxygens (including phenoxy) is 1. The monoisotopic (exact) mass is 329 g/mol. The van der Waals surface area contributed by atoms with Gasteiger partial charge in [0, 0.05) is 19.3 Å². The van der Waals surface area contributed by atoms with Gasteiger partial charge in [-0.1, -0.05) is 11.6 Å². The first-order valence-electron chi connectivity index (χ1n) is 5.74. The van der Waals surface area contributed by atoms with Crippen LogP contribution in [0.5, 0.6) is 0 Å². The quantitative estimate of drug-likeness (QED) is 0.861. The Balaban J connectivity index is 2.34. The normalized spacial score (nSPS) is 11.2. The van der Waals surface area contributed by atoms with Crippen molar-refractivity contribution in [2.75, 3.05) is 11.8 Å². The number of anilines is 1. The lowest BCUT2D eigenvalue weighted by Gasteiger charge is -2.08. The zero-order valence-electron chi connectivity index (χ0n) is 11.2. The van der Waals surface area contributed by atoms with E-state index in [0.29, 0.717) is 0 Å². The van der Waals surface area contributed by atoms with E-state index in [4.69, 9.17) is 11.6 Å². The van der Waals surface area contributed by atoms with Crippen LogP contribution in [-0.2, 0) is 21.8 Å². The largest absolute Gasteiger partial charge is 0.465 e. The molecule has 0 fully saturated rings. The van der Waals surface area contributed by atoms with Crippen molar-refractivity contribution in [2.45, 2.75) is 4.90 Å². The first-order valence-corrected chi connectivity index (χ1v) is 7.60. The minimum absolute atomic E-state index is 0.0821. The Morgan fingerprint density at radius 3 is 2.62 bits per heavy atom. The molecule has 112 valence electrons. The fourth-order valence-corrected chi connectivity index (χ4v) is 3.17. The molecule has 1 aromatic carbocycles. The van der Waals surface area contributed by atoms with Crippen molar-refractivity contribution in [1.82, 2.24) is 9.78 Å². The van der Waals surface area contributed by atoms with Gasteiger partial charge in [-0.3, -0.25) is 9.40 Å². The third-order valence-electron chi connectivity index (χ3n) is 2.60. The number of hydrogen-bond donors (Lipinski definition) is 1. The molecule has 2 rings (SSSR count). The summed E-state index contributed by atoms with van der Waals surface area (Å²) < 4.78 is 32.7. The van der Waals surface area contributed by atoms with E-state index in [1.165, 1.54) is 36.1 Å². The molecule has 0 saturated heterocycles. The third-order valence-corrected chi connectivity index (χ3v) is 4.43. The molecule has 0 bridgehead atoms. The number of hydrogen-bond acceptors (Lipinski definition) is 5. The third kappa shape index (κ3) is 3.34. The van der Waals surface area contributed by atoms with Gasteiger partial charge in [-0.25, -0.2) is 13.2 Å². The van der Waals surface area contributed by atoms with Crippen LogP contribution >= 0.6 is 11.6 Å². The van der Waals surface area contributed by atoms with Gasteiger partial charge in [-0.05, 0) is 18.2 Å². The number of methoxy groups -OCH3 is 1. The highest BCUT2D eigenvalue weighted by Crippen LogP contribution is 2.24. The molecule has 0 atom stereocenters. The van der Waals surface area contributed by atoms with E-state index in [9.17, 15) is 13.2 Å². The van der Waals surface area contributed by atoms with E-state index in [1.54, 1.807) is 13.2 Å². The van der Waals surface area contributed by atoms with E-state index in [2.05, 4.69) is 14.6 Å². The van der Waals surface area contributed by atoms with Crippen LogP contribution < -0.4 is 4.72 Å². The van der Waals surface area contributed by atoms with Gasteiger partial charge in [0.1, 0.15) is 4.90 Å². The molecule has 0 aliphatic carbocycles. The number of rotatable bonds is 4. The highest BCUT2D eigenvalue weighted by atomic mass is 35.5. The van der Waals surface area contributed by atoms with Crippen molar-refractivity contribution in [2.24, 2.45) is 7.05 Å². The first-order chi connectivity index (χ1) is 9.83. The minimum atomic E-state index is -3.89. The Morgan fingerprint density at radius 1 is 1.38 bits per heavy atom. The zero-order chi connectivity index (χ0) is 15.6. The van der Waals surface area contributed by atoms with Gasteiger partial charge in [0.2, 0.25) is 0 Å². The maximum Gasteiger partial charge on any atom is 0.337 e. The van der Waals surface area contributed by atoms with Crippen molar-refractivity contribution < 1.29 is 17.9 Å². The summed E-state index contributed by atoms with van der Waals surface area (Å²) in [6.45, 7) is 0. The summed E-state index contributed by atoms with van der Waals surface area (Å²) in [5.74, 6) is -0.427. The van der Waals surface area contributed by atoms with Crippen molar-refractivity contribution in [3.8, 4) is 0 Å². The number of esters is 1. The van der Waals surface area contributed by atoms with Crippen molar-refractivity contribution in [3.05, 3.63) is 41.0 Å². The van der Waals surface area contributed by atoms with Gasteiger partial charge in [0.05, 0.1) is 17.7 Å². The second kappa shape index (κ2) is 5.74. The van der Waals surface area contributed by atoms with Crippen LogP contribution in [0, 0.1) is 0 Å². The molecule has 7 nitrogen and oxygen atoms in total. The van der Waals surface area contributed by atoms with Crippen molar-refractivity contribution >= 4 is 33.4 Å². The van der Waals surface area contributed by atoms with E-state index in [-0.39, 0.29) is 21.3 Å². The lowest BCUT2D eigenvalue weighted by Crippen LogP contribution is -2.14. The van der Waals surface area contributed by atoms with Gasteiger partial charge < -0.3 is 4.74 Å². The fraction of sp³-hybridized carbons (Fsp3) is 0.167. The van der Waals surface area contributed by atoms with E-state index in [1.807, 2.05) is 0 Å². The Bertz CT molecular complexity index is 786. The Morgan fingerprint density at radius 2 is 2.10 bits per heavy atom. The number of halogens is 1. The minimum Gasteiger partial charge on any atom is -0.465 e. The summed E-state index contributed by atoms with van der Waals surface area (Å²) in [6.07, 6.45) is 1.60. The molecular formula is C12H12ClN3O4S. The molecule has 0 aliphatic rings. The second-order valence-corrected chi connectivity index (χ2v) is 6.17. The average Bonchev–Trinajstić information content (AvgIpc) is 2.81. The Hall–Kier alpha value is -2.06. The average molecular weight is 330 g/mol. The summed E-state index contributed by atoms with van der Waals surface area (Å²) in [5, 5.41) is 3.84. The number of nitrogens with one attached hydrogen (secondary N) is 1. The van der Waals surface area contributed by atoms with Gasteiger partial charge in [0.15, 0.2) is 5.82 Å². The SMILES string of the molecule is COC(=O)c1ccc(S(=O)(=O)Nc2ccn(C)n2)c(Cl)c1. The molecule has 2 aromatic rings. The number of sulfonamides is 1. The maximum atomic E-state index is 12.2. The van der Waals surface area contributed by atoms with Crippen LogP contribution in [0.2, 0.25) is 5.02 Å². The van der Waals surface area contributed by atoms with Crippen LogP contribution in [0.1, 0.15) is 10.4 Å². The van der Waals surface area contributed by atoms with Crippen LogP contribution in [0.4, 0.5) is 5.82 Å². The molecule has 1 N–H and O–H groups in total. The lowest BCUT2D eigenvalue weighted by molar-refractivity contribution is 0.0600. The first kappa shape index (κ1) is 15.3. The molecule has 1 heterocycles. The summed E-state index contributed by atoms with van der Waals surface area (Å²) >= 11 is 5.93. The highest BCUT2D eigenvalue weighted by Gasteiger charge is 2.20. The lowest BCUT2D eigenvalue weighted by atomic mass is 10.2. The predicted molar refractivity (Wildman–Crippen MR) is 76.8 cm³/mol. The Labute approximate surface area is 126 Å². The van der Waals surface area contributed by atoms with Gasteiger partial charge >= 0.3 is 5.97 Å². The topological polar surface area (TPSA) is 90.3 Å². The number of aryl methyl sites for hydroxylation is 1. The number of aromatic nitrogens is 2. The summed E-state index contributed by atoms with van der Waals surface area (Å²) in [6, 6.07) is 5.30. The van der Waals surface area contributed by atoms with Gasteiger partial charge in [-0.2, -0.15) is 5.10 Å². The molecular weight excluding hydrogens is 318 g/mol. The number of carbonyl (C=O) groups is 1. The highest BCUT2D eigenvalue weighted by molar-refractivity contribution is 7.92. The summed E-state index contributed by atoms with van der Waals surface area (Å²) in [4.78, 5) is 11.2. The summed E-state index contributed by atoms with van der Waals surface area (Å²) in [5.41, 5.74) is 0.166. The Kier molecular flexibility index (Phi) is 4.19. The molecule has 21 heavy (non-hydrogen) atoms. The number of nitrogens with zero attached hydrogens (tertiary/aromatic N) is 2. The fourth-order valence-electron chi connectivity index (χ4n) is 1.63. The molecule has 0 saturated carbocycles. The molecule has 9 heteroatoms. The van der Waals surface area contributed by atoms with Gasteiger partial charge in [0.25, 0.3) is 10.0 Å². The van der Waals surface area contributed by atoms with Crippen molar-refractivity contribution in [1.29, 1.82) is 0 Å². The number of carbonyl (C=O) groups excluding carboxylic acids is 1. The predicted octanol–water partition coefficient (Wildman–Crippen LogP) is 1.66. The van der Waals surface area contributed by atoms with E-state index >= 15 is 0 Å².